The smallest absolute Gasteiger partial charge is 0.344 e. The molecule has 1 N–H and O–H groups in total. The van der Waals surface area contributed by atoms with E-state index in [9.17, 15) is 13.2 Å². The molecular weight excluding hydrogens is 269 g/mol. The summed E-state index contributed by atoms with van der Waals surface area (Å²) in [6.07, 6.45) is 0.858. The quantitative estimate of drug-likeness (QED) is 0.938. The van der Waals surface area contributed by atoms with Crippen LogP contribution in [0.3, 0.4) is 0 Å². The van der Waals surface area contributed by atoms with E-state index in [1.165, 1.54) is 20.3 Å². The van der Waals surface area contributed by atoms with Crippen molar-refractivity contribution >= 4 is 0 Å². The number of hydrogen-bond acceptors (Lipinski definition) is 3. The van der Waals surface area contributed by atoms with Gasteiger partial charge in [-0.2, -0.15) is 13.2 Å². The molecule has 0 aliphatic heterocycles. The molecule has 2 aromatic heterocycles. The fraction of sp³-hybridized carbons (Fsp3) is 0.385. The molecule has 0 fully saturated rings. The molecule has 1 atom stereocenters. The Balaban J connectivity index is 2.19. The number of H-pyrrole nitrogens is 1. The zero-order valence-corrected chi connectivity index (χ0v) is 11.1. The first-order chi connectivity index (χ1) is 9.38. The normalized spacial score (nSPS) is 13.7. The summed E-state index contributed by atoms with van der Waals surface area (Å²) in [5, 5.41) is 0. The minimum atomic E-state index is -4.37. The highest BCUT2D eigenvalue weighted by Gasteiger charge is 2.44. The number of alkyl halides is 3. The number of imidazole rings is 1. The number of rotatable bonds is 4. The summed E-state index contributed by atoms with van der Waals surface area (Å²) >= 11 is 0. The van der Waals surface area contributed by atoms with Gasteiger partial charge in [-0.05, 0) is 31.8 Å². The van der Waals surface area contributed by atoms with Gasteiger partial charge in [0.05, 0.1) is 0 Å². The topological polar surface area (TPSA) is 44.8 Å². The number of aromatic nitrogens is 3. The average Bonchev–Trinajstić information content (AvgIpc) is 2.76. The molecule has 0 aromatic carbocycles. The molecule has 20 heavy (non-hydrogen) atoms. The zero-order valence-electron chi connectivity index (χ0n) is 11.1. The van der Waals surface area contributed by atoms with Crippen LogP contribution in [0, 0.1) is 0 Å². The second-order valence-corrected chi connectivity index (χ2v) is 4.73. The Morgan fingerprint density at radius 1 is 1.25 bits per heavy atom. The first kappa shape index (κ1) is 14.5. The minimum absolute atomic E-state index is 0.0912. The number of pyridine rings is 1. The molecule has 0 spiro atoms. The fourth-order valence-electron chi connectivity index (χ4n) is 2.02. The summed E-state index contributed by atoms with van der Waals surface area (Å²) in [7, 11) is 2.76. The molecule has 7 heteroatoms. The summed E-state index contributed by atoms with van der Waals surface area (Å²) in [6.45, 7) is 0. The van der Waals surface area contributed by atoms with E-state index in [0.717, 1.165) is 10.5 Å². The van der Waals surface area contributed by atoms with Gasteiger partial charge < -0.3 is 4.98 Å². The summed E-state index contributed by atoms with van der Waals surface area (Å²) < 4.78 is 38.9. The zero-order chi connectivity index (χ0) is 14.8. The van der Waals surface area contributed by atoms with Crippen molar-refractivity contribution in [3.63, 3.8) is 0 Å². The third-order valence-electron chi connectivity index (χ3n) is 2.88. The van der Waals surface area contributed by atoms with Gasteiger partial charge in [-0.3, -0.25) is 9.88 Å². The first-order valence-electron chi connectivity index (χ1n) is 6.03. The van der Waals surface area contributed by atoms with Crippen LogP contribution in [-0.4, -0.2) is 40.1 Å². The second kappa shape index (κ2) is 5.62. The molecule has 0 saturated carbocycles. The number of aromatic amines is 1. The van der Waals surface area contributed by atoms with Crippen LogP contribution in [0.15, 0.2) is 30.7 Å². The maximum atomic E-state index is 13.0. The highest BCUT2D eigenvalue weighted by Crippen LogP contribution is 2.34. The van der Waals surface area contributed by atoms with Crippen LogP contribution in [0.4, 0.5) is 13.2 Å². The maximum Gasteiger partial charge on any atom is 0.411 e. The van der Waals surface area contributed by atoms with Gasteiger partial charge in [0.1, 0.15) is 5.82 Å². The van der Waals surface area contributed by atoms with Crippen LogP contribution >= 0.6 is 0 Å². The predicted octanol–water partition coefficient (Wildman–Crippen LogP) is 2.56. The van der Waals surface area contributed by atoms with Crippen molar-refractivity contribution in [3.8, 4) is 0 Å². The van der Waals surface area contributed by atoms with Crippen molar-refractivity contribution in [1.82, 2.24) is 19.9 Å². The lowest BCUT2D eigenvalue weighted by Crippen LogP contribution is -2.34. The van der Waals surface area contributed by atoms with Crippen molar-refractivity contribution in [2.24, 2.45) is 0 Å². The Bertz CT molecular complexity index is 548. The minimum Gasteiger partial charge on any atom is -0.344 e. The fourth-order valence-corrected chi connectivity index (χ4v) is 2.02. The van der Waals surface area contributed by atoms with Crippen molar-refractivity contribution in [3.05, 3.63) is 47.8 Å². The molecule has 2 heterocycles. The predicted molar refractivity (Wildman–Crippen MR) is 68.1 cm³/mol. The van der Waals surface area contributed by atoms with Crippen molar-refractivity contribution in [1.29, 1.82) is 0 Å². The van der Waals surface area contributed by atoms with Crippen LogP contribution in [0.25, 0.3) is 0 Å². The molecule has 0 radical (unpaired) electrons. The summed E-state index contributed by atoms with van der Waals surface area (Å²) in [5.41, 5.74) is 1.60. The van der Waals surface area contributed by atoms with Crippen molar-refractivity contribution < 1.29 is 13.2 Å². The highest BCUT2D eigenvalue weighted by atomic mass is 19.4. The van der Waals surface area contributed by atoms with Gasteiger partial charge in [-0.25, -0.2) is 4.98 Å². The molecule has 108 valence electrons. The second-order valence-electron chi connectivity index (χ2n) is 4.73. The number of nitrogens with zero attached hydrogens (tertiary/aromatic N) is 3. The van der Waals surface area contributed by atoms with Gasteiger partial charge in [-0.15, -0.1) is 0 Å². The molecule has 0 unspecified atom stereocenters. The standard InChI is InChI=1S/C13H15F3N4/c1-20(2)11(13(14,15)16)12-18-8-10(19-12)7-9-3-5-17-6-4-9/h3-6,8,11H,7H2,1-2H3,(H,18,19)/t11-/m0/s1. The van der Waals surface area contributed by atoms with Crippen LogP contribution in [-0.2, 0) is 6.42 Å². The number of nitrogens with one attached hydrogen (secondary N) is 1. The van der Waals surface area contributed by atoms with E-state index in [-0.39, 0.29) is 5.82 Å². The molecule has 2 aromatic rings. The van der Waals surface area contributed by atoms with Gasteiger partial charge in [0.2, 0.25) is 0 Å². The van der Waals surface area contributed by atoms with E-state index in [4.69, 9.17) is 0 Å². The molecule has 0 amide bonds. The lowest BCUT2D eigenvalue weighted by atomic mass is 10.1. The van der Waals surface area contributed by atoms with Crippen molar-refractivity contribution in [2.45, 2.75) is 18.6 Å². The van der Waals surface area contributed by atoms with E-state index in [1.54, 1.807) is 12.4 Å². The Kier molecular flexibility index (Phi) is 4.08. The monoisotopic (exact) mass is 284 g/mol. The SMILES string of the molecule is CN(C)[C@@H](c1ncc(Cc2ccncc2)[nH]1)C(F)(F)F. The Labute approximate surface area is 114 Å². The third kappa shape index (κ3) is 3.36. The third-order valence-corrected chi connectivity index (χ3v) is 2.88. The molecule has 0 saturated heterocycles. The van der Waals surface area contributed by atoms with E-state index < -0.39 is 12.2 Å². The Morgan fingerprint density at radius 3 is 2.45 bits per heavy atom. The largest absolute Gasteiger partial charge is 0.411 e. The van der Waals surface area contributed by atoms with Gasteiger partial charge in [-0.1, -0.05) is 0 Å². The summed E-state index contributed by atoms with van der Waals surface area (Å²) in [5.74, 6) is -0.0912. The Hall–Kier alpha value is -1.89. The lowest BCUT2D eigenvalue weighted by molar-refractivity contribution is -0.181. The van der Waals surface area contributed by atoms with E-state index in [1.807, 2.05) is 12.1 Å². The van der Waals surface area contributed by atoms with Crippen molar-refractivity contribution in [2.75, 3.05) is 14.1 Å². The van der Waals surface area contributed by atoms with Gasteiger partial charge >= 0.3 is 6.18 Å². The van der Waals surface area contributed by atoms with E-state index in [2.05, 4.69) is 15.0 Å². The summed E-state index contributed by atoms with van der Waals surface area (Å²) in [6, 6.07) is 1.90. The molecule has 2 rings (SSSR count). The van der Waals surface area contributed by atoms with E-state index in [0.29, 0.717) is 12.1 Å². The summed E-state index contributed by atoms with van der Waals surface area (Å²) in [4.78, 5) is 11.6. The van der Waals surface area contributed by atoms with Crippen LogP contribution in [0.1, 0.15) is 23.1 Å². The molecular formula is C13H15F3N4. The van der Waals surface area contributed by atoms with Crippen LogP contribution in [0.5, 0.6) is 0 Å². The van der Waals surface area contributed by atoms with E-state index >= 15 is 0 Å². The van der Waals surface area contributed by atoms with Gasteiger partial charge in [0.25, 0.3) is 0 Å². The van der Waals surface area contributed by atoms with Gasteiger partial charge in [0.15, 0.2) is 6.04 Å². The lowest BCUT2D eigenvalue weighted by Gasteiger charge is -2.24. The highest BCUT2D eigenvalue weighted by molar-refractivity contribution is 5.19. The maximum absolute atomic E-state index is 13.0. The van der Waals surface area contributed by atoms with Gasteiger partial charge in [0, 0.05) is 30.7 Å². The molecule has 0 aliphatic rings. The molecule has 0 aliphatic carbocycles. The van der Waals surface area contributed by atoms with Crippen LogP contribution in [0.2, 0.25) is 0 Å². The number of hydrogen-bond donors (Lipinski definition) is 1. The Morgan fingerprint density at radius 2 is 1.90 bits per heavy atom. The molecule has 0 bridgehead atoms. The molecule has 4 nitrogen and oxygen atoms in total. The average molecular weight is 284 g/mol. The number of halogens is 3. The van der Waals surface area contributed by atoms with Crippen LogP contribution < -0.4 is 0 Å². The first-order valence-corrected chi connectivity index (χ1v) is 6.03.